The summed E-state index contributed by atoms with van der Waals surface area (Å²) in [5.74, 6) is -0.175. The molecule has 1 saturated heterocycles. The minimum atomic E-state index is -3.71. The number of sulfonamides is 1. The van der Waals surface area contributed by atoms with E-state index in [4.69, 9.17) is 16.3 Å². The molecule has 10 heteroatoms. The molecule has 2 amide bonds. The first-order valence-corrected chi connectivity index (χ1v) is 12.7. The van der Waals surface area contributed by atoms with Crippen LogP contribution in [-0.4, -0.2) is 58.0 Å². The van der Waals surface area contributed by atoms with Crippen molar-refractivity contribution < 1.29 is 22.7 Å². The molecule has 0 atom stereocenters. The fraction of sp³-hybridized carbons (Fsp3) is 0.391. The van der Waals surface area contributed by atoms with Crippen molar-refractivity contribution in [3.05, 3.63) is 58.6 Å². The first-order chi connectivity index (χ1) is 15.8. The summed E-state index contributed by atoms with van der Waals surface area (Å²) in [6.45, 7) is 2.80. The van der Waals surface area contributed by atoms with E-state index in [2.05, 4.69) is 4.72 Å². The van der Waals surface area contributed by atoms with Gasteiger partial charge in [0.25, 0.3) is 0 Å². The summed E-state index contributed by atoms with van der Waals surface area (Å²) in [4.78, 5) is 28.6. The number of benzene rings is 2. The van der Waals surface area contributed by atoms with E-state index in [1.807, 2.05) is 0 Å². The molecule has 0 aromatic heterocycles. The molecule has 2 aliphatic heterocycles. The van der Waals surface area contributed by atoms with Crippen LogP contribution in [-0.2, 0) is 37.3 Å². The first-order valence-electron chi connectivity index (χ1n) is 10.9. The zero-order chi connectivity index (χ0) is 23.4. The molecular weight excluding hydrogens is 466 g/mol. The zero-order valence-corrected chi connectivity index (χ0v) is 19.7. The molecule has 176 valence electrons. The monoisotopic (exact) mass is 491 g/mol. The van der Waals surface area contributed by atoms with E-state index in [1.54, 1.807) is 46.2 Å². The number of hydrogen-bond donors (Lipinski definition) is 1. The first kappa shape index (κ1) is 23.7. The molecule has 2 aromatic rings. The number of morpholine rings is 1. The third-order valence-corrected chi connectivity index (χ3v) is 7.50. The molecule has 0 bridgehead atoms. The average Bonchev–Trinajstić information content (AvgIpc) is 3.26. The third-order valence-electron chi connectivity index (χ3n) is 5.85. The Hall–Kier alpha value is -2.46. The van der Waals surface area contributed by atoms with Crippen LogP contribution in [0.2, 0.25) is 5.02 Å². The number of halogens is 1. The van der Waals surface area contributed by atoms with Crippen molar-refractivity contribution in [2.45, 2.75) is 30.7 Å². The van der Waals surface area contributed by atoms with E-state index in [-0.39, 0.29) is 36.1 Å². The van der Waals surface area contributed by atoms with E-state index < -0.39 is 10.0 Å². The van der Waals surface area contributed by atoms with E-state index in [9.17, 15) is 18.0 Å². The Kier molecular flexibility index (Phi) is 7.33. The molecule has 4 rings (SSSR count). The Balaban J connectivity index is 1.37. The van der Waals surface area contributed by atoms with Crippen molar-refractivity contribution in [2.75, 3.05) is 37.7 Å². The summed E-state index contributed by atoms with van der Waals surface area (Å²) in [5, 5.41) is 0.588. The summed E-state index contributed by atoms with van der Waals surface area (Å²) in [6, 6.07) is 11.7. The highest BCUT2D eigenvalue weighted by Gasteiger charge is 2.27. The standard InChI is InChI=1S/C23H26ClN3O5S/c24-19-3-1-17(2-4-19)16-25-33(30,31)20-5-6-21-18(15-20)9-10-27(21)23(29)8-7-22(28)26-11-13-32-14-12-26/h1-6,15,25H,7-14,16H2. The molecule has 0 spiro atoms. The van der Waals surface area contributed by atoms with Crippen LogP contribution in [0.15, 0.2) is 47.4 Å². The van der Waals surface area contributed by atoms with Crippen LogP contribution in [0, 0.1) is 0 Å². The van der Waals surface area contributed by atoms with Crippen molar-refractivity contribution >= 4 is 39.1 Å². The molecule has 2 aliphatic rings. The Morgan fingerprint density at radius 3 is 2.39 bits per heavy atom. The molecule has 1 fully saturated rings. The summed E-state index contributed by atoms with van der Waals surface area (Å²) < 4.78 is 33.3. The summed E-state index contributed by atoms with van der Waals surface area (Å²) in [7, 11) is -3.71. The van der Waals surface area contributed by atoms with Crippen LogP contribution in [0.5, 0.6) is 0 Å². The van der Waals surface area contributed by atoms with Gasteiger partial charge in [-0.1, -0.05) is 23.7 Å². The second kappa shape index (κ2) is 10.2. The zero-order valence-electron chi connectivity index (χ0n) is 18.1. The summed E-state index contributed by atoms with van der Waals surface area (Å²) in [6.07, 6.45) is 0.850. The largest absolute Gasteiger partial charge is 0.378 e. The summed E-state index contributed by atoms with van der Waals surface area (Å²) in [5.41, 5.74) is 2.31. The highest BCUT2D eigenvalue weighted by atomic mass is 35.5. The number of hydrogen-bond acceptors (Lipinski definition) is 5. The molecular formula is C23H26ClN3O5S. The normalized spacial score (nSPS) is 16.0. The number of anilines is 1. The van der Waals surface area contributed by atoms with Gasteiger partial charge in [0.1, 0.15) is 0 Å². The average molecular weight is 492 g/mol. The van der Waals surface area contributed by atoms with Crippen molar-refractivity contribution in [3.8, 4) is 0 Å². The minimum Gasteiger partial charge on any atom is -0.378 e. The number of nitrogens with one attached hydrogen (secondary N) is 1. The van der Waals surface area contributed by atoms with Gasteiger partial charge in [0.05, 0.1) is 18.1 Å². The van der Waals surface area contributed by atoms with Crippen LogP contribution in [0.3, 0.4) is 0 Å². The molecule has 0 radical (unpaired) electrons. The number of carbonyl (C=O) groups excluding carboxylic acids is 2. The fourth-order valence-corrected chi connectivity index (χ4v) is 5.18. The smallest absolute Gasteiger partial charge is 0.240 e. The van der Waals surface area contributed by atoms with Crippen molar-refractivity contribution in [1.82, 2.24) is 9.62 Å². The molecule has 0 unspecified atom stereocenters. The second-order valence-electron chi connectivity index (χ2n) is 8.03. The maximum Gasteiger partial charge on any atom is 0.240 e. The number of ether oxygens (including phenoxy) is 1. The van der Waals surface area contributed by atoms with Gasteiger partial charge in [0.2, 0.25) is 21.8 Å². The lowest BCUT2D eigenvalue weighted by molar-refractivity contribution is -0.136. The molecule has 1 N–H and O–H groups in total. The highest BCUT2D eigenvalue weighted by Crippen LogP contribution is 2.31. The Morgan fingerprint density at radius 1 is 0.970 bits per heavy atom. The SMILES string of the molecule is O=C(CCC(=O)N1CCc2cc(S(=O)(=O)NCc3ccc(Cl)cc3)ccc21)N1CCOCC1. The molecule has 33 heavy (non-hydrogen) atoms. The van der Waals surface area contributed by atoms with Crippen LogP contribution in [0.4, 0.5) is 5.69 Å². The lowest BCUT2D eigenvalue weighted by Crippen LogP contribution is -2.41. The van der Waals surface area contributed by atoms with E-state index in [1.165, 1.54) is 6.07 Å². The fourth-order valence-electron chi connectivity index (χ4n) is 3.99. The molecule has 2 heterocycles. The number of rotatable bonds is 7. The lowest BCUT2D eigenvalue weighted by atomic mass is 10.2. The van der Waals surface area contributed by atoms with Crippen LogP contribution in [0.1, 0.15) is 24.0 Å². The van der Waals surface area contributed by atoms with Gasteiger partial charge in [-0.3, -0.25) is 9.59 Å². The number of nitrogens with zero attached hydrogens (tertiary/aromatic N) is 2. The van der Waals surface area contributed by atoms with Gasteiger partial charge >= 0.3 is 0 Å². The van der Waals surface area contributed by atoms with E-state index in [0.717, 1.165) is 11.1 Å². The van der Waals surface area contributed by atoms with Crippen molar-refractivity contribution in [1.29, 1.82) is 0 Å². The number of amides is 2. The molecule has 2 aromatic carbocycles. The Morgan fingerprint density at radius 2 is 1.67 bits per heavy atom. The minimum absolute atomic E-state index is 0.0423. The third kappa shape index (κ3) is 5.73. The quantitative estimate of drug-likeness (QED) is 0.641. The molecule has 8 nitrogen and oxygen atoms in total. The van der Waals surface area contributed by atoms with Gasteiger partial charge < -0.3 is 14.5 Å². The Labute approximate surface area is 198 Å². The van der Waals surface area contributed by atoms with Gasteiger partial charge in [-0.05, 0) is 47.9 Å². The number of fused-ring (bicyclic) bond motifs is 1. The van der Waals surface area contributed by atoms with Gasteiger partial charge in [-0.25, -0.2) is 13.1 Å². The van der Waals surface area contributed by atoms with Gasteiger partial charge in [-0.2, -0.15) is 0 Å². The summed E-state index contributed by atoms with van der Waals surface area (Å²) >= 11 is 5.87. The maximum absolute atomic E-state index is 12.8. The van der Waals surface area contributed by atoms with Gasteiger partial charge in [0, 0.05) is 49.7 Å². The second-order valence-corrected chi connectivity index (χ2v) is 10.2. The van der Waals surface area contributed by atoms with Crippen molar-refractivity contribution in [2.24, 2.45) is 0 Å². The molecule has 0 aliphatic carbocycles. The number of carbonyl (C=O) groups is 2. The van der Waals surface area contributed by atoms with Crippen molar-refractivity contribution in [3.63, 3.8) is 0 Å². The predicted octanol–water partition coefficient (Wildman–Crippen LogP) is 2.35. The molecule has 0 saturated carbocycles. The van der Waals surface area contributed by atoms with E-state index >= 15 is 0 Å². The highest BCUT2D eigenvalue weighted by molar-refractivity contribution is 7.89. The van der Waals surface area contributed by atoms with Gasteiger partial charge in [0.15, 0.2) is 0 Å². The Bertz CT molecular complexity index is 1130. The lowest BCUT2D eigenvalue weighted by Gasteiger charge is -2.27. The van der Waals surface area contributed by atoms with E-state index in [0.29, 0.717) is 50.0 Å². The van der Waals surface area contributed by atoms with Gasteiger partial charge in [-0.15, -0.1) is 0 Å². The van der Waals surface area contributed by atoms with Crippen LogP contribution < -0.4 is 9.62 Å². The van der Waals surface area contributed by atoms with Crippen LogP contribution >= 0.6 is 11.6 Å². The van der Waals surface area contributed by atoms with Crippen LogP contribution in [0.25, 0.3) is 0 Å². The topological polar surface area (TPSA) is 96.0 Å². The maximum atomic E-state index is 12.8. The predicted molar refractivity (Wildman–Crippen MR) is 125 cm³/mol.